The summed E-state index contributed by atoms with van der Waals surface area (Å²) < 4.78 is 2.65. The Balaban J connectivity index is 0.981. The van der Waals surface area contributed by atoms with Crippen molar-refractivity contribution < 1.29 is 0 Å². The fraction of sp³-hybridized carbons (Fsp3) is 0.0164. The van der Waals surface area contributed by atoms with Gasteiger partial charge in [-0.15, -0.1) is 11.3 Å². The zero-order chi connectivity index (χ0) is 41.2. The lowest BCUT2D eigenvalue weighted by atomic mass is 9.70. The van der Waals surface area contributed by atoms with E-state index in [9.17, 15) is 0 Å². The highest BCUT2D eigenvalue weighted by Crippen LogP contribution is 2.63. The van der Waals surface area contributed by atoms with E-state index >= 15 is 0 Å². The molecule has 0 fully saturated rings. The molecule has 2 heteroatoms. The van der Waals surface area contributed by atoms with Crippen molar-refractivity contribution in [2.45, 2.75) is 5.41 Å². The molecule has 292 valence electrons. The number of rotatable bonds is 4. The zero-order valence-electron chi connectivity index (χ0n) is 34.2. The molecule has 0 amide bonds. The number of anilines is 3. The molecule has 1 nitrogen and oxygen atoms in total. The topological polar surface area (TPSA) is 3.24 Å². The molecule has 11 aromatic carbocycles. The van der Waals surface area contributed by atoms with Gasteiger partial charge in [-0.3, -0.25) is 0 Å². The van der Waals surface area contributed by atoms with Crippen LogP contribution < -0.4 is 4.90 Å². The molecule has 0 saturated heterocycles. The molecular formula is C61H37NS. The molecular weight excluding hydrogens is 779 g/mol. The summed E-state index contributed by atoms with van der Waals surface area (Å²) >= 11 is 1.87. The van der Waals surface area contributed by atoms with Crippen LogP contribution in [0.25, 0.3) is 85.9 Å². The van der Waals surface area contributed by atoms with Gasteiger partial charge in [0, 0.05) is 37.2 Å². The van der Waals surface area contributed by atoms with E-state index in [2.05, 4.69) is 229 Å². The summed E-state index contributed by atoms with van der Waals surface area (Å²) in [5.41, 5.74) is 16.1. The minimum atomic E-state index is -0.386. The number of hydrogen-bond acceptors (Lipinski definition) is 2. The van der Waals surface area contributed by atoms with Gasteiger partial charge in [-0.25, -0.2) is 0 Å². The smallest absolute Gasteiger partial charge is 0.0725 e. The highest BCUT2D eigenvalue weighted by atomic mass is 32.1. The molecule has 1 spiro atoms. The van der Waals surface area contributed by atoms with Crippen molar-refractivity contribution in [3.05, 3.63) is 247 Å². The maximum absolute atomic E-state index is 2.47. The summed E-state index contributed by atoms with van der Waals surface area (Å²) in [6.07, 6.45) is 0. The zero-order valence-corrected chi connectivity index (χ0v) is 35.0. The molecule has 0 atom stereocenters. The highest BCUT2D eigenvalue weighted by Gasteiger charge is 2.51. The normalized spacial score (nSPS) is 13.2. The number of hydrogen-bond donors (Lipinski definition) is 0. The Kier molecular flexibility index (Phi) is 7.26. The molecule has 1 aromatic heterocycles. The molecule has 0 saturated carbocycles. The minimum Gasteiger partial charge on any atom is -0.310 e. The third-order valence-electron chi connectivity index (χ3n) is 14.1. The van der Waals surface area contributed by atoms with Gasteiger partial charge in [0.1, 0.15) is 0 Å². The lowest BCUT2D eigenvalue weighted by molar-refractivity contribution is 0.794. The average molecular weight is 816 g/mol. The van der Waals surface area contributed by atoms with Gasteiger partial charge >= 0.3 is 0 Å². The molecule has 12 aromatic rings. The average Bonchev–Trinajstić information content (AvgIpc) is 3.98. The molecule has 1 heterocycles. The van der Waals surface area contributed by atoms with Gasteiger partial charge < -0.3 is 4.90 Å². The van der Waals surface area contributed by atoms with Crippen LogP contribution in [0.2, 0.25) is 0 Å². The van der Waals surface area contributed by atoms with E-state index in [-0.39, 0.29) is 5.41 Å². The van der Waals surface area contributed by atoms with Gasteiger partial charge in [-0.05, 0) is 136 Å². The summed E-state index contributed by atoms with van der Waals surface area (Å²) in [6, 6.07) is 84.1. The molecule has 0 bridgehead atoms. The Morgan fingerprint density at radius 3 is 1.35 bits per heavy atom. The minimum absolute atomic E-state index is 0.386. The lowest BCUT2D eigenvalue weighted by Crippen LogP contribution is -2.25. The van der Waals surface area contributed by atoms with E-state index in [0.717, 1.165) is 17.1 Å². The van der Waals surface area contributed by atoms with Crippen molar-refractivity contribution in [2.75, 3.05) is 4.90 Å². The fourth-order valence-electron chi connectivity index (χ4n) is 11.4. The van der Waals surface area contributed by atoms with Crippen LogP contribution in [0.5, 0.6) is 0 Å². The van der Waals surface area contributed by atoms with Crippen molar-refractivity contribution in [1.29, 1.82) is 0 Å². The van der Waals surface area contributed by atoms with E-state index in [1.807, 2.05) is 11.3 Å². The van der Waals surface area contributed by atoms with Gasteiger partial charge in [-0.2, -0.15) is 0 Å². The standard InChI is InChI=1S/C61H37NS/c1-2-15-45-43(13-1)44-14-3-4-16-46(44)53-36-41(30-33-47(45)53)62(40-28-25-38(26-29-40)39-27-32-52-51-20-8-12-24-59(51)63-60(52)35-39)42-31-34-58-54(37-42)50-19-7-11-23-57(50)61(58)55-21-9-5-17-48(55)49-18-6-10-22-56(49)61/h1-37H. The van der Waals surface area contributed by atoms with Gasteiger partial charge in [0.15, 0.2) is 0 Å². The first kappa shape index (κ1) is 34.9. The van der Waals surface area contributed by atoms with Crippen molar-refractivity contribution in [3.8, 4) is 33.4 Å². The number of benzene rings is 11. The van der Waals surface area contributed by atoms with Crippen LogP contribution in [-0.2, 0) is 5.41 Å². The summed E-state index contributed by atoms with van der Waals surface area (Å²) in [5.74, 6) is 0. The lowest BCUT2D eigenvalue weighted by Gasteiger charge is -2.31. The maximum atomic E-state index is 2.47. The predicted molar refractivity (Wildman–Crippen MR) is 268 cm³/mol. The van der Waals surface area contributed by atoms with Crippen LogP contribution >= 0.6 is 11.3 Å². The first-order valence-corrected chi connectivity index (χ1v) is 22.6. The molecule has 0 aliphatic heterocycles. The number of fused-ring (bicyclic) bond motifs is 19. The van der Waals surface area contributed by atoms with Crippen LogP contribution in [0.3, 0.4) is 0 Å². The molecule has 0 unspecified atom stereocenters. The van der Waals surface area contributed by atoms with Crippen molar-refractivity contribution in [2.24, 2.45) is 0 Å². The van der Waals surface area contributed by atoms with Crippen molar-refractivity contribution in [1.82, 2.24) is 0 Å². The maximum Gasteiger partial charge on any atom is 0.0725 e. The Labute approximate surface area is 369 Å². The quantitative estimate of drug-likeness (QED) is 0.160. The third-order valence-corrected chi connectivity index (χ3v) is 15.2. The summed E-state index contributed by atoms with van der Waals surface area (Å²) in [5, 5.41) is 10.3. The molecule has 0 radical (unpaired) electrons. The van der Waals surface area contributed by atoms with Crippen LogP contribution in [-0.4, -0.2) is 0 Å². The molecule has 0 N–H and O–H groups in total. The summed E-state index contributed by atoms with van der Waals surface area (Å²) in [7, 11) is 0. The molecule has 63 heavy (non-hydrogen) atoms. The Morgan fingerprint density at radius 1 is 0.270 bits per heavy atom. The summed E-state index contributed by atoms with van der Waals surface area (Å²) in [6.45, 7) is 0. The first-order valence-electron chi connectivity index (χ1n) is 21.8. The number of nitrogens with zero attached hydrogens (tertiary/aromatic N) is 1. The second-order valence-electron chi connectivity index (χ2n) is 17.1. The van der Waals surface area contributed by atoms with Crippen LogP contribution in [0.4, 0.5) is 17.1 Å². The SMILES string of the molecule is c1ccc2c(c1)-c1ccccc1C21c2ccccc2-c2cc(N(c3ccc(-c4ccc5c(c4)sc4ccccc45)cc3)c3ccc4c5ccccc5c5ccccc5c4c3)ccc21. The fourth-order valence-corrected chi connectivity index (χ4v) is 12.6. The predicted octanol–water partition coefficient (Wildman–Crippen LogP) is 17.0. The van der Waals surface area contributed by atoms with Crippen molar-refractivity contribution >= 4 is 80.9 Å². The van der Waals surface area contributed by atoms with E-state index < -0.39 is 0 Å². The molecule has 14 rings (SSSR count). The molecule has 2 aliphatic carbocycles. The van der Waals surface area contributed by atoms with E-state index in [1.165, 1.54) is 108 Å². The van der Waals surface area contributed by atoms with Gasteiger partial charge in [0.05, 0.1) is 5.41 Å². The van der Waals surface area contributed by atoms with E-state index in [1.54, 1.807) is 0 Å². The second kappa shape index (κ2) is 13.1. The Bertz CT molecular complexity index is 3790. The van der Waals surface area contributed by atoms with Crippen LogP contribution in [0.1, 0.15) is 22.3 Å². The third kappa shape index (κ3) is 4.82. The van der Waals surface area contributed by atoms with Crippen LogP contribution in [0, 0.1) is 0 Å². The largest absolute Gasteiger partial charge is 0.310 e. The van der Waals surface area contributed by atoms with E-state index in [4.69, 9.17) is 0 Å². The number of thiophene rings is 1. The Morgan fingerprint density at radius 2 is 0.698 bits per heavy atom. The van der Waals surface area contributed by atoms with Gasteiger partial charge in [-0.1, -0.05) is 176 Å². The van der Waals surface area contributed by atoms with Gasteiger partial charge in [0.25, 0.3) is 0 Å². The van der Waals surface area contributed by atoms with Crippen molar-refractivity contribution in [3.63, 3.8) is 0 Å². The molecule has 2 aliphatic rings. The second-order valence-corrected chi connectivity index (χ2v) is 18.2. The van der Waals surface area contributed by atoms with Crippen LogP contribution in [0.15, 0.2) is 224 Å². The first-order chi connectivity index (χ1) is 31.2. The Hall–Kier alpha value is -7.78. The highest BCUT2D eigenvalue weighted by molar-refractivity contribution is 7.25. The van der Waals surface area contributed by atoms with E-state index in [0.29, 0.717) is 0 Å². The summed E-state index contributed by atoms with van der Waals surface area (Å²) in [4.78, 5) is 2.47. The monoisotopic (exact) mass is 815 g/mol. The van der Waals surface area contributed by atoms with Gasteiger partial charge in [0.2, 0.25) is 0 Å².